The van der Waals surface area contributed by atoms with Gasteiger partial charge in [-0.05, 0) is 89.9 Å². The topological polar surface area (TPSA) is 95.9 Å². The van der Waals surface area contributed by atoms with Gasteiger partial charge in [0.2, 0.25) is 5.91 Å². The van der Waals surface area contributed by atoms with Gasteiger partial charge in [-0.1, -0.05) is 377 Å². The minimum Gasteiger partial charge on any atom is -0.466 e. The van der Waals surface area contributed by atoms with Crippen molar-refractivity contribution in [3.05, 3.63) is 48.6 Å². The van der Waals surface area contributed by atoms with E-state index in [0.717, 1.165) is 51.4 Å². The maximum absolute atomic E-state index is 12.5. The Kier molecular flexibility index (Phi) is 74.4. The molecule has 6 nitrogen and oxygen atoms in total. The van der Waals surface area contributed by atoms with Crippen molar-refractivity contribution in [3.8, 4) is 0 Å². The summed E-state index contributed by atoms with van der Waals surface area (Å²) in [5.41, 5.74) is 0. The van der Waals surface area contributed by atoms with Gasteiger partial charge in [-0.15, -0.1) is 0 Å². The van der Waals surface area contributed by atoms with Crippen LogP contribution in [0.15, 0.2) is 48.6 Å². The van der Waals surface area contributed by atoms with E-state index < -0.39 is 12.1 Å². The molecule has 87 heavy (non-hydrogen) atoms. The largest absolute Gasteiger partial charge is 0.466 e. The lowest BCUT2D eigenvalue weighted by molar-refractivity contribution is -0.143. The Morgan fingerprint density at radius 2 is 0.575 bits per heavy atom. The molecule has 0 aromatic heterocycles. The van der Waals surface area contributed by atoms with Crippen LogP contribution in [0, 0.1) is 0 Å². The number of aliphatic hydroxyl groups is 2. The third-order valence-electron chi connectivity index (χ3n) is 18.3. The van der Waals surface area contributed by atoms with Gasteiger partial charge in [0.1, 0.15) is 0 Å². The summed E-state index contributed by atoms with van der Waals surface area (Å²) < 4.78 is 5.50. The predicted molar refractivity (Wildman–Crippen MR) is 384 cm³/mol. The average Bonchev–Trinajstić information content (AvgIpc) is 3.53. The molecular formula is C81H153NO5. The lowest BCUT2D eigenvalue weighted by Crippen LogP contribution is -2.45. The van der Waals surface area contributed by atoms with Crippen LogP contribution in [-0.2, 0) is 14.3 Å². The molecule has 2 unspecified atom stereocenters. The average molecular weight is 1220 g/mol. The van der Waals surface area contributed by atoms with Gasteiger partial charge in [-0.25, -0.2) is 0 Å². The highest BCUT2D eigenvalue weighted by molar-refractivity contribution is 5.76. The molecule has 2 atom stereocenters. The first kappa shape index (κ1) is 84.8. The maximum Gasteiger partial charge on any atom is 0.305 e. The third kappa shape index (κ3) is 72.8. The quantitative estimate of drug-likeness (QED) is 0.0320. The Morgan fingerprint density at radius 3 is 0.908 bits per heavy atom. The van der Waals surface area contributed by atoms with Crippen molar-refractivity contribution in [1.29, 1.82) is 0 Å². The first-order valence-electron chi connectivity index (χ1n) is 39.4. The van der Waals surface area contributed by atoms with Gasteiger partial charge in [0, 0.05) is 12.8 Å². The van der Waals surface area contributed by atoms with Gasteiger partial charge in [-0.3, -0.25) is 9.59 Å². The number of ether oxygens (including phenoxy) is 1. The number of hydrogen-bond donors (Lipinski definition) is 3. The number of allylic oxidation sites excluding steroid dienone is 7. The Hall–Kier alpha value is -2.18. The molecule has 6 heteroatoms. The molecule has 0 heterocycles. The van der Waals surface area contributed by atoms with Crippen LogP contribution in [0.3, 0.4) is 0 Å². The Balaban J connectivity index is 3.36. The van der Waals surface area contributed by atoms with E-state index in [0.29, 0.717) is 19.4 Å². The summed E-state index contributed by atoms with van der Waals surface area (Å²) >= 11 is 0. The number of esters is 1. The lowest BCUT2D eigenvalue weighted by Gasteiger charge is -2.20. The van der Waals surface area contributed by atoms with E-state index >= 15 is 0 Å². The van der Waals surface area contributed by atoms with Crippen LogP contribution < -0.4 is 5.32 Å². The zero-order valence-corrected chi connectivity index (χ0v) is 58.8. The van der Waals surface area contributed by atoms with E-state index in [1.54, 1.807) is 6.08 Å². The van der Waals surface area contributed by atoms with Crippen molar-refractivity contribution >= 4 is 11.9 Å². The van der Waals surface area contributed by atoms with Crippen LogP contribution >= 0.6 is 0 Å². The minimum absolute atomic E-state index is 0.0126. The Bertz CT molecular complexity index is 1450. The molecule has 0 radical (unpaired) electrons. The van der Waals surface area contributed by atoms with Crippen LogP contribution in [0.1, 0.15) is 431 Å². The summed E-state index contributed by atoms with van der Waals surface area (Å²) in [4.78, 5) is 24.6. The molecule has 0 rings (SSSR count). The minimum atomic E-state index is -0.843. The van der Waals surface area contributed by atoms with Crippen molar-refractivity contribution in [1.82, 2.24) is 5.32 Å². The molecular weight excluding hydrogens is 1070 g/mol. The maximum atomic E-state index is 12.5. The fourth-order valence-corrected chi connectivity index (χ4v) is 12.3. The van der Waals surface area contributed by atoms with Crippen LogP contribution in [-0.4, -0.2) is 47.4 Å². The summed E-state index contributed by atoms with van der Waals surface area (Å²) in [6, 6.07) is -0.626. The number of unbranched alkanes of at least 4 members (excludes halogenated alkanes) is 57. The smallest absolute Gasteiger partial charge is 0.305 e. The first-order valence-corrected chi connectivity index (χ1v) is 39.4. The fraction of sp³-hybridized carbons (Fsp3) is 0.877. The van der Waals surface area contributed by atoms with Crippen molar-refractivity contribution in [3.63, 3.8) is 0 Å². The first-order chi connectivity index (χ1) is 43.0. The zero-order valence-electron chi connectivity index (χ0n) is 58.8. The fourth-order valence-electron chi connectivity index (χ4n) is 12.3. The zero-order chi connectivity index (χ0) is 62.8. The number of rotatable bonds is 74. The molecule has 0 saturated heterocycles. The summed E-state index contributed by atoms with van der Waals surface area (Å²) in [6.07, 6.45) is 101. The molecule has 1 amide bonds. The van der Waals surface area contributed by atoms with E-state index in [9.17, 15) is 19.8 Å². The molecule has 512 valence electrons. The van der Waals surface area contributed by atoms with Crippen LogP contribution in [0.5, 0.6) is 0 Å². The second-order valence-electron chi connectivity index (χ2n) is 27.0. The molecule has 0 aliphatic carbocycles. The molecule has 0 aliphatic rings. The van der Waals surface area contributed by atoms with Crippen LogP contribution in [0.2, 0.25) is 0 Å². The van der Waals surface area contributed by atoms with E-state index in [1.165, 1.54) is 353 Å². The second-order valence-corrected chi connectivity index (χ2v) is 27.0. The number of amides is 1. The molecule has 0 aromatic carbocycles. The third-order valence-corrected chi connectivity index (χ3v) is 18.3. The summed E-state index contributed by atoms with van der Waals surface area (Å²) in [6.45, 7) is 4.92. The van der Waals surface area contributed by atoms with Crippen molar-refractivity contribution in [2.24, 2.45) is 0 Å². The normalized spacial score (nSPS) is 12.7. The Morgan fingerprint density at radius 1 is 0.322 bits per heavy atom. The molecule has 0 bridgehead atoms. The van der Waals surface area contributed by atoms with E-state index in [4.69, 9.17) is 4.74 Å². The lowest BCUT2D eigenvalue weighted by atomic mass is 10.0. The van der Waals surface area contributed by atoms with E-state index in [1.807, 2.05) is 6.08 Å². The van der Waals surface area contributed by atoms with Gasteiger partial charge < -0.3 is 20.3 Å². The molecule has 0 aliphatic heterocycles. The number of nitrogens with one attached hydrogen (secondary N) is 1. The van der Waals surface area contributed by atoms with Gasteiger partial charge in [0.05, 0.1) is 25.4 Å². The molecule has 0 aromatic rings. The number of aliphatic hydroxyl groups excluding tert-OH is 2. The van der Waals surface area contributed by atoms with Crippen molar-refractivity contribution in [2.45, 2.75) is 443 Å². The van der Waals surface area contributed by atoms with Gasteiger partial charge in [0.25, 0.3) is 0 Å². The highest BCUT2D eigenvalue weighted by atomic mass is 16.5. The van der Waals surface area contributed by atoms with E-state index in [-0.39, 0.29) is 18.5 Å². The van der Waals surface area contributed by atoms with Gasteiger partial charge >= 0.3 is 5.97 Å². The highest BCUT2D eigenvalue weighted by Gasteiger charge is 2.18. The van der Waals surface area contributed by atoms with Gasteiger partial charge in [-0.2, -0.15) is 0 Å². The summed E-state index contributed by atoms with van der Waals surface area (Å²) in [5, 5.41) is 23.2. The predicted octanol–water partition coefficient (Wildman–Crippen LogP) is 26.0. The van der Waals surface area contributed by atoms with Crippen LogP contribution in [0.4, 0.5) is 0 Å². The van der Waals surface area contributed by atoms with E-state index in [2.05, 4.69) is 55.6 Å². The second kappa shape index (κ2) is 76.3. The number of carbonyl (C=O) groups excluding carboxylic acids is 2. The molecule has 3 N–H and O–H groups in total. The highest BCUT2D eigenvalue weighted by Crippen LogP contribution is 2.19. The molecule has 0 saturated carbocycles. The van der Waals surface area contributed by atoms with Crippen molar-refractivity contribution in [2.75, 3.05) is 13.2 Å². The monoisotopic (exact) mass is 1220 g/mol. The Labute approximate surface area is 544 Å². The number of carbonyl (C=O) groups is 2. The van der Waals surface area contributed by atoms with Crippen LogP contribution in [0.25, 0.3) is 0 Å². The summed E-state index contributed by atoms with van der Waals surface area (Å²) in [5.74, 6) is -0.0484. The molecule has 0 spiro atoms. The SMILES string of the molecule is CCCCC/C=C\C/C=C\CCCCCCCCCC(=O)OCCCCCCCCCCCCCCCC/C=C\CCCCCCCCCCCCCCCCCCCC(=O)NC(CO)C(O)/C=C/CCCCCCCCCCCCCCCCCC. The summed E-state index contributed by atoms with van der Waals surface area (Å²) in [7, 11) is 0. The molecule has 0 fully saturated rings. The number of hydrogen-bond acceptors (Lipinski definition) is 5. The standard InChI is InChI=1S/C81H153NO5/c1-3-5-7-9-11-13-15-17-19-21-42-45-49-53-57-61-65-69-73-79(84)78(77-83)82-80(85)74-70-66-62-58-54-50-46-43-39-37-35-33-31-29-27-25-23-22-24-26-28-30-32-34-36-38-40-44-48-52-56-60-64-68-72-76-87-81(86)75-71-67-63-59-55-51-47-41-20-18-16-14-12-10-8-6-4-2/h12,14,18,20,24,26,69,73,78-79,83-84H,3-11,13,15-17,19,21-23,25,27-68,70-72,74-77H2,1-2H3,(H,82,85)/b14-12-,20-18-,26-24-,73-69+. The van der Waals surface area contributed by atoms with Gasteiger partial charge in [0.15, 0.2) is 0 Å². The van der Waals surface area contributed by atoms with Crippen molar-refractivity contribution < 1.29 is 24.5 Å².